The summed E-state index contributed by atoms with van der Waals surface area (Å²) in [6.45, 7) is 0.855. The number of aromatic nitrogens is 2. The summed E-state index contributed by atoms with van der Waals surface area (Å²) in [5, 5.41) is 12.6. The summed E-state index contributed by atoms with van der Waals surface area (Å²) in [6, 6.07) is 7.89. The maximum atomic E-state index is 11.3. The number of nitriles is 1. The van der Waals surface area contributed by atoms with Crippen LogP contribution < -0.4 is 11.0 Å². The zero-order valence-corrected chi connectivity index (χ0v) is 10.5. The van der Waals surface area contributed by atoms with Gasteiger partial charge in [0.2, 0.25) is 0 Å². The largest absolute Gasteiger partial charge is 0.378 e. The molecule has 1 aromatic heterocycles. The SMILES string of the molecule is CNC(c1ccc2[nH]c(=O)[nH]c2c1)C1(C#N)COC1. The monoisotopic (exact) mass is 258 g/mol. The third kappa shape index (κ3) is 1.75. The number of rotatable bonds is 3. The first-order chi connectivity index (χ1) is 9.18. The van der Waals surface area contributed by atoms with Crippen LogP contribution in [0.2, 0.25) is 0 Å². The number of benzene rings is 1. The van der Waals surface area contributed by atoms with Crippen LogP contribution in [0.25, 0.3) is 11.0 Å². The van der Waals surface area contributed by atoms with Crippen molar-refractivity contribution in [1.29, 1.82) is 5.26 Å². The number of hydrogen-bond donors (Lipinski definition) is 3. The van der Waals surface area contributed by atoms with Gasteiger partial charge in [0.05, 0.1) is 36.4 Å². The molecule has 3 rings (SSSR count). The van der Waals surface area contributed by atoms with Crippen molar-refractivity contribution in [3.8, 4) is 6.07 Å². The van der Waals surface area contributed by atoms with E-state index in [0.29, 0.717) is 13.2 Å². The highest BCUT2D eigenvalue weighted by Gasteiger charge is 2.46. The summed E-state index contributed by atoms with van der Waals surface area (Å²) in [5.74, 6) is 0. The molecule has 0 aliphatic carbocycles. The summed E-state index contributed by atoms with van der Waals surface area (Å²) in [5.41, 5.74) is 1.72. The van der Waals surface area contributed by atoms with Gasteiger partial charge in [-0.05, 0) is 24.7 Å². The van der Waals surface area contributed by atoms with Crippen LogP contribution >= 0.6 is 0 Å². The third-order valence-electron chi connectivity index (χ3n) is 3.66. The molecular weight excluding hydrogens is 244 g/mol. The highest BCUT2D eigenvalue weighted by Crippen LogP contribution is 2.40. The normalized spacial score (nSPS) is 18.7. The van der Waals surface area contributed by atoms with E-state index in [-0.39, 0.29) is 11.7 Å². The molecule has 3 N–H and O–H groups in total. The molecule has 1 aliphatic heterocycles. The Balaban J connectivity index is 2.06. The number of imidazole rings is 1. The Kier molecular flexibility index (Phi) is 2.66. The van der Waals surface area contributed by atoms with Crippen LogP contribution in [-0.4, -0.2) is 30.2 Å². The smallest absolute Gasteiger partial charge is 0.323 e. The maximum Gasteiger partial charge on any atom is 0.323 e. The number of H-pyrrole nitrogens is 2. The topological polar surface area (TPSA) is 93.7 Å². The lowest BCUT2D eigenvalue weighted by atomic mass is 9.76. The van der Waals surface area contributed by atoms with Crippen LogP contribution in [0, 0.1) is 16.7 Å². The standard InChI is InChI=1S/C13H14N4O2/c1-15-11(13(5-14)6-19-7-13)8-2-3-9-10(4-8)17-12(18)16-9/h2-4,11,15H,6-7H2,1H3,(H2,16,17,18). The molecule has 6 heteroatoms. The molecule has 0 radical (unpaired) electrons. The van der Waals surface area contributed by atoms with Gasteiger partial charge in [-0.2, -0.15) is 5.26 Å². The second-order valence-corrected chi connectivity index (χ2v) is 4.87. The molecule has 2 aromatic rings. The van der Waals surface area contributed by atoms with Gasteiger partial charge < -0.3 is 20.0 Å². The van der Waals surface area contributed by atoms with Crippen molar-refractivity contribution >= 4 is 11.0 Å². The number of fused-ring (bicyclic) bond motifs is 1. The Labute approximate surface area is 109 Å². The Morgan fingerprint density at radius 2 is 2.16 bits per heavy atom. The van der Waals surface area contributed by atoms with E-state index < -0.39 is 5.41 Å². The fourth-order valence-electron chi connectivity index (χ4n) is 2.61. The van der Waals surface area contributed by atoms with Gasteiger partial charge >= 0.3 is 5.69 Å². The van der Waals surface area contributed by atoms with Crippen molar-refractivity contribution in [1.82, 2.24) is 15.3 Å². The molecule has 0 spiro atoms. The van der Waals surface area contributed by atoms with E-state index in [2.05, 4.69) is 21.4 Å². The molecule has 1 atom stereocenters. The van der Waals surface area contributed by atoms with Crippen LogP contribution in [0.3, 0.4) is 0 Å². The maximum absolute atomic E-state index is 11.3. The molecule has 1 saturated heterocycles. The highest BCUT2D eigenvalue weighted by atomic mass is 16.5. The predicted octanol–water partition coefficient (Wildman–Crippen LogP) is 0.657. The van der Waals surface area contributed by atoms with E-state index in [1.807, 2.05) is 25.2 Å². The van der Waals surface area contributed by atoms with Gasteiger partial charge in [-0.25, -0.2) is 4.79 Å². The molecule has 1 unspecified atom stereocenters. The predicted molar refractivity (Wildman–Crippen MR) is 69.6 cm³/mol. The van der Waals surface area contributed by atoms with Gasteiger partial charge in [-0.15, -0.1) is 0 Å². The first kappa shape index (κ1) is 12.0. The van der Waals surface area contributed by atoms with Gasteiger partial charge in [0.1, 0.15) is 5.41 Å². The average Bonchev–Trinajstić information content (AvgIpc) is 2.72. The van der Waals surface area contributed by atoms with E-state index in [0.717, 1.165) is 16.6 Å². The van der Waals surface area contributed by atoms with E-state index in [1.54, 1.807) is 0 Å². The Morgan fingerprint density at radius 3 is 2.74 bits per heavy atom. The van der Waals surface area contributed by atoms with Crippen molar-refractivity contribution in [2.24, 2.45) is 5.41 Å². The van der Waals surface area contributed by atoms with Gasteiger partial charge in [-0.1, -0.05) is 6.07 Å². The summed E-state index contributed by atoms with van der Waals surface area (Å²) in [4.78, 5) is 16.7. The molecular formula is C13H14N4O2. The quantitative estimate of drug-likeness (QED) is 0.753. The highest BCUT2D eigenvalue weighted by molar-refractivity contribution is 5.75. The minimum atomic E-state index is -0.529. The molecule has 6 nitrogen and oxygen atoms in total. The fraction of sp³-hybridized carbons (Fsp3) is 0.385. The third-order valence-corrected chi connectivity index (χ3v) is 3.66. The Bertz CT molecular complexity index is 705. The zero-order chi connectivity index (χ0) is 13.5. The summed E-state index contributed by atoms with van der Waals surface area (Å²) in [7, 11) is 1.83. The van der Waals surface area contributed by atoms with Gasteiger partial charge in [0.25, 0.3) is 0 Å². The average molecular weight is 258 g/mol. The number of ether oxygens (including phenoxy) is 1. The van der Waals surface area contributed by atoms with Crippen LogP contribution in [0.15, 0.2) is 23.0 Å². The minimum absolute atomic E-state index is 0.117. The van der Waals surface area contributed by atoms with Crippen LogP contribution in [0.5, 0.6) is 0 Å². The molecule has 98 valence electrons. The number of nitrogens with one attached hydrogen (secondary N) is 3. The van der Waals surface area contributed by atoms with Crippen molar-refractivity contribution in [3.63, 3.8) is 0 Å². The molecule has 1 fully saturated rings. The molecule has 19 heavy (non-hydrogen) atoms. The van der Waals surface area contributed by atoms with Crippen molar-refractivity contribution in [2.75, 3.05) is 20.3 Å². The summed E-state index contributed by atoms with van der Waals surface area (Å²) < 4.78 is 5.20. The van der Waals surface area contributed by atoms with Crippen molar-refractivity contribution < 1.29 is 4.74 Å². The molecule has 0 saturated carbocycles. The fourth-order valence-corrected chi connectivity index (χ4v) is 2.61. The van der Waals surface area contributed by atoms with Crippen LogP contribution in [-0.2, 0) is 4.74 Å². The first-order valence-electron chi connectivity index (χ1n) is 6.07. The number of hydrogen-bond acceptors (Lipinski definition) is 4. The molecule has 1 aromatic carbocycles. The Morgan fingerprint density at radius 1 is 1.42 bits per heavy atom. The molecule has 2 heterocycles. The van der Waals surface area contributed by atoms with Crippen LogP contribution in [0.4, 0.5) is 0 Å². The van der Waals surface area contributed by atoms with Crippen molar-refractivity contribution in [2.45, 2.75) is 6.04 Å². The van der Waals surface area contributed by atoms with E-state index in [4.69, 9.17) is 4.74 Å². The summed E-state index contributed by atoms with van der Waals surface area (Å²) in [6.07, 6.45) is 0. The van der Waals surface area contributed by atoms with Crippen LogP contribution in [0.1, 0.15) is 11.6 Å². The van der Waals surface area contributed by atoms with E-state index in [1.165, 1.54) is 0 Å². The molecule has 0 amide bonds. The van der Waals surface area contributed by atoms with Gasteiger partial charge in [0, 0.05) is 0 Å². The summed E-state index contributed by atoms with van der Waals surface area (Å²) >= 11 is 0. The van der Waals surface area contributed by atoms with Gasteiger partial charge in [0.15, 0.2) is 0 Å². The van der Waals surface area contributed by atoms with E-state index in [9.17, 15) is 10.1 Å². The molecule has 0 bridgehead atoms. The first-order valence-corrected chi connectivity index (χ1v) is 6.07. The number of nitrogens with zero attached hydrogens (tertiary/aromatic N) is 1. The second kappa shape index (κ2) is 4.23. The minimum Gasteiger partial charge on any atom is -0.378 e. The van der Waals surface area contributed by atoms with E-state index >= 15 is 0 Å². The van der Waals surface area contributed by atoms with Gasteiger partial charge in [-0.3, -0.25) is 0 Å². The Hall–Kier alpha value is -2.10. The second-order valence-electron chi connectivity index (χ2n) is 4.87. The van der Waals surface area contributed by atoms with Crippen molar-refractivity contribution in [3.05, 3.63) is 34.2 Å². The zero-order valence-electron chi connectivity index (χ0n) is 10.5. The molecule has 1 aliphatic rings. The lowest BCUT2D eigenvalue weighted by Gasteiger charge is -2.41. The lowest BCUT2D eigenvalue weighted by molar-refractivity contribution is -0.0963. The lowest BCUT2D eigenvalue weighted by Crippen LogP contribution is -2.50. The number of aromatic amines is 2.